The molecule has 0 spiro atoms. The van der Waals surface area contributed by atoms with E-state index >= 15 is 0 Å². The Morgan fingerprint density at radius 2 is 1.79 bits per heavy atom. The van der Waals surface area contributed by atoms with Crippen LogP contribution in [-0.4, -0.2) is 44.7 Å². The average Bonchev–Trinajstić information content (AvgIpc) is 3.32. The molecule has 1 aromatic carbocycles. The van der Waals surface area contributed by atoms with Crippen molar-refractivity contribution in [3.8, 4) is 11.4 Å². The molecule has 2 aromatic heterocycles. The summed E-state index contributed by atoms with van der Waals surface area (Å²) >= 11 is 0. The van der Waals surface area contributed by atoms with Gasteiger partial charge in [-0.05, 0) is 36.8 Å². The molecule has 8 heteroatoms. The smallest absolute Gasteiger partial charge is 0.255 e. The highest BCUT2D eigenvalue weighted by molar-refractivity contribution is 5.58. The molecule has 2 aliphatic rings. The lowest BCUT2D eigenvalue weighted by molar-refractivity contribution is 0.611. The minimum absolute atomic E-state index is 0.114. The van der Waals surface area contributed by atoms with E-state index in [9.17, 15) is 9.18 Å². The first-order valence-electron chi connectivity index (χ1n) is 9.23. The Kier molecular flexibility index (Phi) is 3.85. The maximum absolute atomic E-state index is 13.2. The van der Waals surface area contributed by atoms with Gasteiger partial charge in [-0.3, -0.25) is 9.36 Å². The predicted octanol–water partition coefficient (Wildman–Crippen LogP) is 1.84. The summed E-state index contributed by atoms with van der Waals surface area (Å²) in [6.07, 6.45) is 4.08. The van der Waals surface area contributed by atoms with Crippen LogP contribution >= 0.6 is 0 Å². The van der Waals surface area contributed by atoms with E-state index in [1.54, 1.807) is 23.9 Å². The third-order valence-electron chi connectivity index (χ3n) is 5.61. The van der Waals surface area contributed by atoms with Gasteiger partial charge in [0, 0.05) is 44.1 Å². The molecule has 28 heavy (non-hydrogen) atoms. The van der Waals surface area contributed by atoms with Crippen LogP contribution in [0.5, 0.6) is 0 Å². The van der Waals surface area contributed by atoms with Crippen LogP contribution in [0.25, 0.3) is 11.4 Å². The normalized spacial score (nSPS) is 20.8. The summed E-state index contributed by atoms with van der Waals surface area (Å²) in [7, 11) is 1.75. The number of aromatic nitrogens is 4. The van der Waals surface area contributed by atoms with E-state index < -0.39 is 0 Å². The fourth-order valence-corrected chi connectivity index (χ4v) is 4.22. The zero-order valence-electron chi connectivity index (χ0n) is 15.4. The zero-order valence-corrected chi connectivity index (χ0v) is 15.4. The molecule has 142 valence electrons. The van der Waals surface area contributed by atoms with Crippen LogP contribution in [0.3, 0.4) is 0 Å². The quantitative estimate of drug-likeness (QED) is 0.693. The Morgan fingerprint density at radius 1 is 1.04 bits per heavy atom. The SMILES string of the molecule is Cn1c(N2CC3CC2CN3c2ccc(F)cc2)nc(-c2ccncn2)cc1=O. The summed E-state index contributed by atoms with van der Waals surface area (Å²) in [6, 6.07) is 10.5. The number of hydrogen-bond donors (Lipinski definition) is 0. The average molecular weight is 378 g/mol. The number of nitrogens with zero attached hydrogens (tertiary/aromatic N) is 6. The van der Waals surface area contributed by atoms with Gasteiger partial charge in [0.1, 0.15) is 12.1 Å². The van der Waals surface area contributed by atoms with Crippen LogP contribution in [0.15, 0.2) is 53.7 Å². The summed E-state index contributed by atoms with van der Waals surface area (Å²) in [5, 5.41) is 0. The first kappa shape index (κ1) is 16.9. The van der Waals surface area contributed by atoms with Crippen molar-refractivity contribution in [1.29, 1.82) is 0 Å². The Labute approximate surface area is 161 Å². The number of halogens is 1. The largest absolute Gasteiger partial charge is 0.365 e. The monoisotopic (exact) mass is 378 g/mol. The van der Waals surface area contributed by atoms with Gasteiger partial charge in [-0.15, -0.1) is 0 Å². The minimum Gasteiger partial charge on any atom is -0.365 e. The second-order valence-corrected chi connectivity index (χ2v) is 7.26. The number of fused-ring (bicyclic) bond motifs is 2. The second kappa shape index (κ2) is 6.40. The van der Waals surface area contributed by atoms with Crippen molar-refractivity contribution >= 4 is 11.6 Å². The van der Waals surface area contributed by atoms with Crippen molar-refractivity contribution in [2.24, 2.45) is 7.05 Å². The molecule has 0 radical (unpaired) electrons. The molecule has 4 heterocycles. The molecule has 0 N–H and O–H groups in total. The van der Waals surface area contributed by atoms with Crippen molar-refractivity contribution in [2.75, 3.05) is 22.9 Å². The van der Waals surface area contributed by atoms with Crippen LogP contribution in [0.4, 0.5) is 16.0 Å². The van der Waals surface area contributed by atoms with Gasteiger partial charge >= 0.3 is 0 Å². The van der Waals surface area contributed by atoms with E-state index in [0.717, 1.165) is 25.2 Å². The number of piperazine rings is 1. The molecule has 2 unspecified atom stereocenters. The fraction of sp³-hybridized carbons (Fsp3) is 0.300. The third-order valence-corrected chi connectivity index (χ3v) is 5.61. The minimum atomic E-state index is -0.226. The van der Waals surface area contributed by atoms with Gasteiger partial charge in [0.2, 0.25) is 5.95 Å². The molecule has 0 amide bonds. The van der Waals surface area contributed by atoms with Gasteiger partial charge in [-0.25, -0.2) is 19.3 Å². The van der Waals surface area contributed by atoms with Crippen molar-refractivity contribution in [2.45, 2.75) is 18.5 Å². The summed E-state index contributed by atoms with van der Waals surface area (Å²) in [5.74, 6) is 0.433. The van der Waals surface area contributed by atoms with Gasteiger partial charge in [-0.1, -0.05) is 0 Å². The standard InChI is InChI=1S/C20H19FN6O/c1-25-19(28)9-18(17-6-7-22-12-23-17)24-20(25)27-11-15-8-16(27)10-26(15)14-4-2-13(21)3-5-14/h2-7,9,12,15-16H,8,10-11H2,1H3. The lowest BCUT2D eigenvalue weighted by atomic mass is 10.2. The Bertz CT molecular complexity index is 1070. The van der Waals surface area contributed by atoms with E-state index in [0.29, 0.717) is 23.4 Å². The maximum atomic E-state index is 13.2. The predicted molar refractivity (Wildman–Crippen MR) is 104 cm³/mol. The van der Waals surface area contributed by atoms with Crippen molar-refractivity contribution < 1.29 is 4.39 Å². The Balaban J connectivity index is 1.45. The first-order chi connectivity index (χ1) is 13.6. The van der Waals surface area contributed by atoms with Crippen molar-refractivity contribution in [1.82, 2.24) is 19.5 Å². The number of rotatable bonds is 3. The fourth-order valence-electron chi connectivity index (χ4n) is 4.22. The van der Waals surface area contributed by atoms with Crippen molar-refractivity contribution in [3.63, 3.8) is 0 Å². The Morgan fingerprint density at radius 3 is 2.46 bits per heavy atom. The highest BCUT2D eigenvalue weighted by atomic mass is 19.1. The molecular weight excluding hydrogens is 359 g/mol. The van der Waals surface area contributed by atoms with E-state index in [2.05, 4.69) is 19.8 Å². The molecule has 7 nitrogen and oxygen atoms in total. The molecule has 2 saturated heterocycles. The first-order valence-corrected chi connectivity index (χ1v) is 9.23. The number of hydrogen-bond acceptors (Lipinski definition) is 6. The third kappa shape index (κ3) is 2.72. The van der Waals surface area contributed by atoms with E-state index in [-0.39, 0.29) is 17.4 Å². The molecule has 3 aromatic rings. The van der Waals surface area contributed by atoms with Crippen molar-refractivity contribution in [3.05, 3.63) is 65.1 Å². The van der Waals surface area contributed by atoms with Crippen LogP contribution in [0.2, 0.25) is 0 Å². The van der Waals surface area contributed by atoms with Crippen LogP contribution < -0.4 is 15.4 Å². The highest BCUT2D eigenvalue weighted by Crippen LogP contribution is 2.36. The topological polar surface area (TPSA) is 67.2 Å². The van der Waals surface area contributed by atoms with E-state index in [1.165, 1.54) is 24.5 Å². The van der Waals surface area contributed by atoms with E-state index in [4.69, 9.17) is 4.98 Å². The molecule has 2 bridgehead atoms. The molecular formula is C20H19FN6O. The van der Waals surface area contributed by atoms with Gasteiger partial charge in [0.25, 0.3) is 5.56 Å². The lowest BCUT2D eigenvalue weighted by Gasteiger charge is -2.36. The summed E-state index contributed by atoms with van der Waals surface area (Å²) in [5.41, 5.74) is 2.10. The second-order valence-electron chi connectivity index (χ2n) is 7.26. The van der Waals surface area contributed by atoms with Crippen LogP contribution in [0.1, 0.15) is 6.42 Å². The number of anilines is 2. The van der Waals surface area contributed by atoms with Gasteiger partial charge < -0.3 is 9.80 Å². The van der Waals surface area contributed by atoms with Gasteiger partial charge in [-0.2, -0.15) is 0 Å². The maximum Gasteiger partial charge on any atom is 0.255 e. The van der Waals surface area contributed by atoms with E-state index in [1.807, 2.05) is 12.1 Å². The summed E-state index contributed by atoms with van der Waals surface area (Å²) in [6.45, 7) is 1.60. The molecule has 2 fully saturated rings. The molecule has 0 aliphatic carbocycles. The van der Waals surface area contributed by atoms with Crippen LogP contribution in [0, 0.1) is 5.82 Å². The number of benzene rings is 1. The molecule has 0 saturated carbocycles. The molecule has 2 atom stereocenters. The van der Waals surface area contributed by atoms with Gasteiger partial charge in [0.05, 0.1) is 17.4 Å². The van der Waals surface area contributed by atoms with Crippen LogP contribution in [-0.2, 0) is 7.05 Å². The molecule has 2 aliphatic heterocycles. The lowest BCUT2D eigenvalue weighted by Crippen LogP contribution is -2.48. The Hall–Kier alpha value is -3.29. The molecule has 5 rings (SSSR count). The zero-order chi connectivity index (χ0) is 19.3. The summed E-state index contributed by atoms with van der Waals surface area (Å²) in [4.78, 5) is 29.9. The highest BCUT2D eigenvalue weighted by Gasteiger charge is 2.44. The summed E-state index contributed by atoms with van der Waals surface area (Å²) < 4.78 is 14.8. The van der Waals surface area contributed by atoms with Gasteiger partial charge in [0.15, 0.2) is 0 Å².